The maximum Gasteiger partial charge on any atom is 0.343 e. The van der Waals surface area contributed by atoms with E-state index in [4.69, 9.17) is 23.4 Å². The van der Waals surface area contributed by atoms with Gasteiger partial charge in [0.1, 0.15) is 22.8 Å². The molecule has 4 rings (SSSR count). The number of carbonyl (C=O) groups excluding carboxylic acids is 1. The molecule has 0 atom stereocenters. The summed E-state index contributed by atoms with van der Waals surface area (Å²) >= 11 is 0. The SMILES string of the molecule is COc1ccc(-c2cc(=O)c3cc(OC(=O)c4ccc(OC)c(OC)c4)ccc3o2)cc1. The van der Waals surface area contributed by atoms with Gasteiger partial charge in [-0.15, -0.1) is 0 Å². The minimum absolute atomic E-state index is 0.224. The van der Waals surface area contributed by atoms with Crippen molar-refractivity contribution in [1.29, 1.82) is 0 Å². The van der Waals surface area contributed by atoms with Crippen LogP contribution in [-0.4, -0.2) is 27.3 Å². The van der Waals surface area contributed by atoms with Gasteiger partial charge < -0.3 is 23.4 Å². The van der Waals surface area contributed by atoms with Gasteiger partial charge in [-0.1, -0.05) is 0 Å². The summed E-state index contributed by atoms with van der Waals surface area (Å²) in [5.41, 5.74) is 1.16. The largest absolute Gasteiger partial charge is 0.497 e. The molecule has 0 fully saturated rings. The summed E-state index contributed by atoms with van der Waals surface area (Å²) in [6, 6.07) is 18.0. The molecule has 0 bridgehead atoms. The summed E-state index contributed by atoms with van der Waals surface area (Å²) in [5, 5.41) is 0.305. The first-order valence-electron chi connectivity index (χ1n) is 9.69. The molecule has 1 aromatic heterocycles. The quantitative estimate of drug-likeness (QED) is 0.322. The van der Waals surface area contributed by atoms with Gasteiger partial charge in [0, 0.05) is 11.6 Å². The molecule has 0 aliphatic carbocycles. The number of methoxy groups -OCH3 is 3. The first-order valence-corrected chi connectivity index (χ1v) is 9.69. The Morgan fingerprint density at radius 3 is 2.16 bits per heavy atom. The van der Waals surface area contributed by atoms with Crippen LogP contribution in [0.25, 0.3) is 22.3 Å². The third-order valence-electron chi connectivity index (χ3n) is 4.90. The highest BCUT2D eigenvalue weighted by Crippen LogP contribution is 2.29. The molecule has 32 heavy (non-hydrogen) atoms. The van der Waals surface area contributed by atoms with Crippen LogP contribution in [0, 0.1) is 0 Å². The first kappa shape index (κ1) is 21.0. The van der Waals surface area contributed by atoms with Crippen LogP contribution < -0.4 is 24.4 Å². The van der Waals surface area contributed by atoms with Crippen LogP contribution in [0.4, 0.5) is 0 Å². The lowest BCUT2D eigenvalue weighted by atomic mass is 10.1. The third-order valence-corrected chi connectivity index (χ3v) is 4.90. The van der Waals surface area contributed by atoms with E-state index < -0.39 is 5.97 Å². The smallest absolute Gasteiger partial charge is 0.343 e. The van der Waals surface area contributed by atoms with Crippen LogP contribution in [0.2, 0.25) is 0 Å². The maximum atomic E-state index is 12.7. The molecule has 1 heterocycles. The zero-order chi connectivity index (χ0) is 22.7. The Bertz CT molecular complexity index is 1340. The van der Waals surface area contributed by atoms with Crippen molar-refractivity contribution in [3.63, 3.8) is 0 Å². The van der Waals surface area contributed by atoms with Gasteiger partial charge >= 0.3 is 5.97 Å². The number of rotatable bonds is 6. The van der Waals surface area contributed by atoms with Crippen LogP contribution in [-0.2, 0) is 0 Å². The van der Waals surface area contributed by atoms with Gasteiger partial charge in [0.05, 0.1) is 32.3 Å². The van der Waals surface area contributed by atoms with Crippen molar-refractivity contribution in [2.75, 3.05) is 21.3 Å². The molecule has 0 amide bonds. The zero-order valence-corrected chi connectivity index (χ0v) is 17.7. The van der Waals surface area contributed by atoms with Crippen LogP contribution in [0.1, 0.15) is 10.4 Å². The Kier molecular flexibility index (Phi) is 5.81. The summed E-state index contributed by atoms with van der Waals surface area (Å²) in [5.74, 6) is 1.68. The Morgan fingerprint density at radius 1 is 0.750 bits per heavy atom. The molecule has 0 saturated carbocycles. The van der Waals surface area contributed by atoms with Crippen molar-refractivity contribution >= 4 is 16.9 Å². The van der Waals surface area contributed by atoms with Gasteiger partial charge in [0.25, 0.3) is 0 Å². The van der Waals surface area contributed by atoms with E-state index >= 15 is 0 Å². The number of ether oxygens (including phenoxy) is 4. The van der Waals surface area contributed by atoms with E-state index in [9.17, 15) is 9.59 Å². The zero-order valence-electron chi connectivity index (χ0n) is 17.7. The van der Waals surface area contributed by atoms with Crippen molar-refractivity contribution in [1.82, 2.24) is 0 Å². The predicted octanol–water partition coefficient (Wildman–Crippen LogP) is 4.71. The van der Waals surface area contributed by atoms with E-state index in [1.807, 2.05) is 12.1 Å². The summed E-state index contributed by atoms with van der Waals surface area (Å²) in [4.78, 5) is 25.3. The highest BCUT2D eigenvalue weighted by Gasteiger charge is 2.14. The number of carbonyl (C=O) groups is 1. The van der Waals surface area contributed by atoms with E-state index in [0.29, 0.717) is 34.0 Å². The average Bonchev–Trinajstić information content (AvgIpc) is 2.83. The van der Waals surface area contributed by atoms with Gasteiger partial charge in [0.2, 0.25) is 0 Å². The standard InChI is InChI=1S/C25H20O7/c1-28-17-7-4-15(5-8-17)23-14-20(26)19-13-18(9-11-21(19)32-23)31-25(27)16-6-10-22(29-2)24(12-16)30-3/h4-14H,1-3H3. The second-order valence-electron chi connectivity index (χ2n) is 6.82. The lowest BCUT2D eigenvalue weighted by Crippen LogP contribution is -2.09. The first-order chi connectivity index (χ1) is 15.5. The molecule has 0 aliphatic heterocycles. The maximum absolute atomic E-state index is 12.7. The van der Waals surface area contributed by atoms with Crippen LogP contribution >= 0.6 is 0 Å². The van der Waals surface area contributed by atoms with Crippen LogP contribution in [0.15, 0.2) is 75.9 Å². The lowest BCUT2D eigenvalue weighted by Gasteiger charge is -2.10. The van der Waals surface area contributed by atoms with Crippen molar-refractivity contribution < 1.29 is 28.2 Å². The molecule has 0 unspecified atom stereocenters. The Morgan fingerprint density at radius 2 is 1.47 bits per heavy atom. The molecule has 0 spiro atoms. The fourth-order valence-electron chi connectivity index (χ4n) is 3.23. The number of hydrogen-bond donors (Lipinski definition) is 0. The van der Waals surface area contributed by atoms with Crippen molar-refractivity contribution in [3.05, 3.63) is 82.5 Å². The second kappa shape index (κ2) is 8.85. The fraction of sp³-hybridized carbons (Fsp3) is 0.120. The molecule has 0 N–H and O–H groups in total. The van der Waals surface area contributed by atoms with E-state index in [1.165, 1.54) is 32.4 Å². The average molecular weight is 432 g/mol. The molecule has 0 radical (unpaired) electrons. The van der Waals surface area contributed by atoms with Gasteiger partial charge in [-0.3, -0.25) is 4.79 Å². The van der Waals surface area contributed by atoms with Gasteiger partial charge in [-0.05, 0) is 60.7 Å². The van der Waals surface area contributed by atoms with Gasteiger partial charge in [0.15, 0.2) is 16.9 Å². The van der Waals surface area contributed by atoms with Crippen LogP contribution in [0.5, 0.6) is 23.0 Å². The topological polar surface area (TPSA) is 84.2 Å². The molecule has 0 saturated heterocycles. The van der Waals surface area contributed by atoms with Crippen molar-refractivity contribution in [2.45, 2.75) is 0 Å². The van der Waals surface area contributed by atoms with E-state index in [2.05, 4.69) is 0 Å². The minimum Gasteiger partial charge on any atom is -0.497 e. The van der Waals surface area contributed by atoms with E-state index in [-0.39, 0.29) is 16.7 Å². The molecule has 0 aliphatic rings. The molecule has 3 aromatic carbocycles. The molecule has 7 heteroatoms. The summed E-state index contributed by atoms with van der Waals surface area (Å²) < 4.78 is 26.9. The molecular formula is C25H20O7. The minimum atomic E-state index is -0.593. The van der Waals surface area contributed by atoms with Gasteiger partial charge in [-0.25, -0.2) is 4.79 Å². The molecule has 162 valence electrons. The van der Waals surface area contributed by atoms with Gasteiger partial charge in [-0.2, -0.15) is 0 Å². The number of fused-ring (bicyclic) bond motifs is 1. The molecule has 4 aromatic rings. The Balaban J connectivity index is 1.61. The van der Waals surface area contributed by atoms with E-state index in [1.54, 1.807) is 43.5 Å². The summed E-state index contributed by atoms with van der Waals surface area (Å²) in [7, 11) is 4.58. The Labute approximate surface area is 183 Å². The molecule has 7 nitrogen and oxygen atoms in total. The Hall–Kier alpha value is -4.26. The monoisotopic (exact) mass is 432 g/mol. The highest BCUT2D eigenvalue weighted by atomic mass is 16.5. The molecular weight excluding hydrogens is 412 g/mol. The second-order valence-corrected chi connectivity index (χ2v) is 6.82. The van der Waals surface area contributed by atoms with Crippen molar-refractivity contribution in [3.8, 4) is 34.3 Å². The van der Waals surface area contributed by atoms with Crippen molar-refractivity contribution in [2.24, 2.45) is 0 Å². The predicted molar refractivity (Wildman–Crippen MR) is 119 cm³/mol. The highest BCUT2D eigenvalue weighted by molar-refractivity contribution is 5.92. The van der Waals surface area contributed by atoms with E-state index in [0.717, 1.165) is 5.56 Å². The number of esters is 1. The third kappa shape index (κ3) is 4.13. The lowest BCUT2D eigenvalue weighted by molar-refractivity contribution is 0.0734. The normalized spacial score (nSPS) is 10.6. The van der Waals surface area contributed by atoms with Crippen LogP contribution in [0.3, 0.4) is 0 Å². The number of hydrogen-bond acceptors (Lipinski definition) is 7. The number of benzene rings is 3. The summed E-state index contributed by atoms with van der Waals surface area (Å²) in [6.07, 6.45) is 0. The fourth-order valence-corrected chi connectivity index (χ4v) is 3.23. The summed E-state index contributed by atoms with van der Waals surface area (Å²) in [6.45, 7) is 0.